The summed E-state index contributed by atoms with van der Waals surface area (Å²) in [6.45, 7) is 6.14. The Kier molecular flexibility index (Phi) is 8.27. The van der Waals surface area contributed by atoms with Crippen LogP contribution in [0.2, 0.25) is 0 Å². The zero-order valence-electron chi connectivity index (χ0n) is 16.4. The van der Waals surface area contributed by atoms with Gasteiger partial charge in [-0.25, -0.2) is 4.79 Å². The van der Waals surface area contributed by atoms with E-state index in [2.05, 4.69) is 10.5 Å². The van der Waals surface area contributed by atoms with E-state index in [0.29, 0.717) is 30.4 Å². The van der Waals surface area contributed by atoms with Gasteiger partial charge in [0.1, 0.15) is 11.5 Å². The zero-order valence-corrected chi connectivity index (χ0v) is 16.4. The minimum Gasteiger partial charge on any atom is -0.493 e. The van der Waals surface area contributed by atoms with Crippen LogP contribution in [0.15, 0.2) is 40.9 Å². The van der Waals surface area contributed by atoms with Crippen molar-refractivity contribution in [3.05, 3.63) is 47.7 Å². The minimum absolute atomic E-state index is 0.293. The van der Waals surface area contributed by atoms with Gasteiger partial charge < -0.3 is 19.3 Å². The highest BCUT2D eigenvalue weighted by atomic mass is 16.5. The summed E-state index contributed by atoms with van der Waals surface area (Å²) < 4.78 is 15.8. The molecule has 1 unspecified atom stereocenters. The second-order valence-corrected chi connectivity index (χ2v) is 6.18. The van der Waals surface area contributed by atoms with Crippen molar-refractivity contribution < 1.29 is 23.6 Å². The second kappa shape index (κ2) is 10.9. The minimum atomic E-state index is -0.906. The molecule has 28 heavy (non-hydrogen) atoms. The SMILES string of the molecule is CCCCC(OC(=O)/C=C/c1ccccc1OCC)C(=O)Nc1cc(C)on1. The fourth-order valence-corrected chi connectivity index (χ4v) is 2.51. The van der Waals surface area contributed by atoms with E-state index in [1.165, 1.54) is 6.08 Å². The van der Waals surface area contributed by atoms with E-state index in [9.17, 15) is 9.59 Å². The van der Waals surface area contributed by atoms with Crippen LogP contribution in [0.1, 0.15) is 44.4 Å². The van der Waals surface area contributed by atoms with Gasteiger partial charge in [0, 0.05) is 17.7 Å². The number of nitrogens with one attached hydrogen (secondary N) is 1. The van der Waals surface area contributed by atoms with E-state index < -0.39 is 18.0 Å². The molecule has 7 nitrogen and oxygen atoms in total. The highest BCUT2D eigenvalue weighted by molar-refractivity contribution is 5.96. The van der Waals surface area contributed by atoms with Gasteiger partial charge in [-0.2, -0.15) is 0 Å². The van der Waals surface area contributed by atoms with Crippen molar-refractivity contribution in [2.24, 2.45) is 0 Å². The van der Waals surface area contributed by atoms with Crippen LogP contribution in [0, 0.1) is 6.92 Å². The first-order chi connectivity index (χ1) is 13.5. The van der Waals surface area contributed by atoms with E-state index >= 15 is 0 Å². The molecule has 0 fully saturated rings. The standard InChI is InChI=1S/C21H26N2O5/c1-4-6-10-18(21(25)22-19-14-15(3)28-23-19)27-20(24)13-12-16-9-7-8-11-17(16)26-5-2/h7-9,11-14,18H,4-6,10H2,1-3H3,(H,22,23,25)/b13-12+. The van der Waals surface area contributed by atoms with Gasteiger partial charge in [0.2, 0.25) is 0 Å². The molecule has 1 atom stereocenters. The Morgan fingerprint density at radius 3 is 2.75 bits per heavy atom. The molecule has 0 radical (unpaired) electrons. The number of nitrogens with zero attached hydrogens (tertiary/aromatic N) is 1. The van der Waals surface area contributed by atoms with Crippen molar-refractivity contribution in [3.8, 4) is 5.75 Å². The lowest BCUT2D eigenvalue weighted by Gasteiger charge is -2.15. The number of unbranched alkanes of at least 4 members (excludes halogenated alkanes) is 1. The van der Waals surface area contributed by atoms with Gasteiger partial charge in [0.25, 0.3) is 5.91 Å². The first kappa shape index (κ1) is 21.2. The van der Waals surface area contributed by atoms with Crippen LogP contribution in [-0.2, 0) is 14.3 Å². The molecular weight excluding hydrogens is 360 g/mol. The van der Waals surface area contributed by atoms with Crippen molar-refractivity contribution in [3.63, 3.8) is 0 Å². The Morgan fingerprint density at radius 1 is 1.29 bits per heavy atom. The first-order valence-electron chi connectivity index (χ1n) is 9.38. The number of amides is 1. The maximum absolute atomic E-state index is 12.5. The third kappa shape index (κ3) is 6.57. The molecule has 1 aromatic carbocycles. The van der Waals surface area contributed by atoms with Crippen LogP contribution in [0.3, 0.4) is 0 Å². The highest BCUT2D eigenvalue weighted by Crippen LogP contribution is 2.19. The van der Waals surface area contributed by atoms with E-state index in [0.717, 1.165) is 18.4 Å². The number of rotatable bonds is 10. The Bertz CT molecular complexity index is 813. The monoisotopic (exact) mass is 386 g/mol. The van der Waals surface area contributed by atoms with Gasteiger partial charge in [0.05, 0.1) is 6.61 Å². The highest BCUT2D eigenvalue weighted by Gasteiger charge is 2.22. The summed E-state index contributed by atoms with van der Waals surface area (Å²) in [6, 6.07) is 8.97. The van der Waals surface area contributed by atoms with Crippen LogP contribution in [-0.4, -0.2) is 29.7 Å². The lowest BCUT2D eigenvalue weighted by atomic mass is 10.1. The first-order valence-corrected chi connectivity index (χ1v) is 9.38. The molecule has 1 amide bonds. The summed E-state index contributed by atoms with van der Waals surface area (Å²) >= 11 is 0. The molecule has 0 aliphatic rings. The third-order valence-electron chi connectivity index (χ3n) is 3.87. The van der Waals surface area contributed by atoms with Gasteiger partial charge in [-0.05, 0) is 38.8 Å². The lowest BCUT2D eigenvalue weighted by Crippen LogP contribution is -2.32. The van der Waals surface area contributed by atoms with E-state index in [1.807, 2.05) is 38.1 Å². The van der Waals surface area contributed by atoms with E-state index in [1.54, 1.807) is 19.1 Å². The number of esters is 1. The number of hydrogen-bond donors (Lipinski definition) is 1. The Labute approximate surface area is 164 Å². The second-order valence-electron chi connectivity index (χ2n) is 6.18. The number of para-hydroxylation sites is 1. The Morgan fingerprint density at radius 2 is 2.07 bits per heavy atom. The van der Waals surface area contributed by atoms with Crippen LogP contribution >= 0.6 is 0 Å². The molecule has 1 aromatic heterocycles. The fourth-order valence-electron chi connectivity index (χ4n) is 2.51. The van der Waals surface area contributed by atoms with Crippen LogP contribution < -0.4 is 10.1 Å². The topological polar surface area (TPSA) is 90.7 Å². The molecule has 150 valence electrons. The molecule has 1 N–H and O–H groups in total. The third-order valence-corrected chi connectivity index (χ3v) is 3.87. The summed E-state index contributed by atoms with van der Waals surface area (Å²) in [7, 11) is 0. The van der Waals surface area contributed by atoms with E-state index in [4.69, 9.17) is 14.0 Å². The fraction of sp³-hybridized carbons (Fsp3) is 0.381. The van der Waals surface area contributed by atoms with Gasteiger partial charge in [-0.1, -0.05) is 36.7 Å². The molecule has 0 bridgehead atoms. The predicted molar refractivity (Wildman–Crippen MR) is 106 cm³/mol. The number of anilines is 1. The molecule has 1 heterocycles. The number of carbonyl (C=O) groups is 2. The van der Waals surface area contributed by atoms with Crippen LogP contribution in [0.25, 0.3) is 6.08 Å². The van der Waals surface area contributed by atoms with Gasteiger partial charge >= 0.3 is 5.97 Å². The number of carbonyl (C=O) groups excluding carboxylic acids is 2. The van der Waals surface area contributed by atoms with Crippen LogP contribution in [0.4, 0.5) is 5.82 Å². The molecule has 2 rings (SSSR count). The summed E-state index contributed by atoms with van der Waals surface area (Å²) in [5.74, 6) is 0.516. The summed E-state index contributed by atoms with van der Waals surface area (Å²) in [6.07, 6.45) is 4.06. The van der Waals surface area contributed by atoms with Crippen molar-refractivity contribution in [2.75, 3.05) is 11.9 Å². The maximum atomic E-state index is 12.5. The Hall–Kier alpha value is -3.09. The number of hydrogen-bond acceptors (Lipinski definition) is 6. The predicted octanol–water partition coefficient (Wildman–Crippen LogP) is 4.14. The molecule has 2 aromatic rings. The number of aryl methyl sites for hydroxylation is 1. The lowest BCUT2D eigenvalue weighted by molar-refractivity contribution is -0.149. The van der Waals surface area contributed by atoms with Crippen molar-refractivity contribution >= 4 is 23.8 Å². The molecule has 0 saturated heterocycles. The maximum Gasteiger partial charge on any atom is 0.331 e. The van der Waals surface area contributed by atoms with Crippen molar-refractivity contribution in [1.82, 2.24) is 5.16 Å². The van der Waals surface area contributed by atoms with Crippen molar-refractivity contribution in [2.45, 2.75) is 46.1 Å². The van der Waals surface area contributed by atoms with Crippen molar-refractivity contribution in [1.29, 1.82) is 0 Å². The normalized spacial score (nSPS) is 12.0. The number of ether oxygens (including phenoxy) is 2. The largest absolute Gasteiger partial charge is 0.493 e. The molecule has 7 heteroatoms. The number of benzene rings is 1. The summed E-state index contributed by atoms with van der Waals surface area (Å²) in [4.78, 5) is 24.7. The summed E-state index contributed by atoms with van der Waals surface area (Å²) in [5.41, 5.74) is 0.758. The smallest absolute Gasteiger partial charge is 0.331 e. The van der Waals surface area contributed by atoms with Crippen LogP contribution in [0.5, 0.6) is 5.75 Å². The van der Waals surface area contributed by atoms with Gasteiger partial charge in [-0.15, -0.1) is 0 Å². The molecule has 0 aliphatic carbocycles. The number of aromatic nitrogens is 1. The van der Waals surface area contributed by atoms with Gasteiger partial charge in [-0.3, -0.25) is 4.79 Å². The molecule has 0 saturated carbocycles. The average molecular weight is 386 g/mol. The Balaban J connectivity index is 2.02. The molecule has 0 spiro atoms. The molecule has 0 aliphatic heterocycles. The molecular formula is C21H26N2O5. The summed E-state index contributed by atoms with van der Waals surface area (Å²) in [5, 5.41) is 6.34. The quantitative estimate of drug-likeness (QED) is 0.488. The van der Waals surface area contributed by atoms with Gasteiger partial charge in [0.15, 0.2) is 11.9 Å². The average Bonchev–Trinajstić information content (AvgIpc) is 3.09. The zero-order chi connectivity index (χ0) is 20.4. The van der Waals surface area contributed by atoms with E-state index in [-0.39, 0.29) is 0 Å².